The lowest BCUT2D eigenvalue weighted by atomic mass is 10.0. The number of hydrogen-bond donors (Lipinski definition) is 1. The Morgan fingerprint density at radius 3 is 2.28 bits per heavy atom. The Hall–Kier alpha value is -2.82. The van der Waals surface area contributed by atoms with Crippen molar-refractivity contribution >= 4 is 11.8 Å². The van der Waals surface area contributed by atoms with Crippen molar-refractivity contribution in [3.05, 3.63) is 65.2 Å². The van der Waals surface area contributed by atoms with E-state index in [1.807, 2.05) is 90.1 Å². The second-order valence-corrected chi connectivity index (χ2v) is 9.38. The summed E-state index contributed by atoms with van der Waals surface area (Å²) in [6.07, 6.45) is 1.48. The predicted molar refractivity (Wildman–Crippen MR) is 130 cm³/mol. The highest BCUT2D eigenvalue weighted by atomic mass is 16.5. The normalized spacial score (nSPS) is 12.2. The number of carbonyl (C=O) groups excluding carboxylic acids is 2. The Bertz CT molecular complexity index is 885. The molecule has 0 spiro atoms. The van der Waals surface area contributed by atoms with Crippen molar-refractivity contribution in [1.82, 2.24) is 10.2 Å². The molecule has 0 fully saturated rings. The third-order valence-corrected chi connectivity index (χ3v) is 5.31. The van der Waals surface area contributed by atoms with Crippen LogP contribution in [0.5, 0.6) is 5.75 Å². The molecule has 2 aromatic carbocycles. The van der Waals surface area contributed by atoms with Gasteiger partial charge >= 0.3 is 0 Å². The summed E-state index contributed by atoms with van der Waals surface area (Å²) < 4.78 is 5.78. The van der Waals surface area contributed by atoms with Gasteiger partial charge in [0.05, 0.1) is 6.61 Å². The number of benzene rings is 2. The first-order valence-corrected chi connectivity index (χ1v) is 11.5. The summed E-state index contributed by atoms with van der Waals surface area (Å²) >= 11 is 0. The molecular weight excluding hydrogens is 400 g/mol. The molecular formula is C27H38N2O3. The molecule has 2 amide bonds. The Balaban J connectivity index is 2.09. The third-order valence-electron chi connectivity index (χ3n) is 5.31. The number of amides is 2. The van der Waals surface area contributed by atoms with E-state index in [4.69, 9.17) is 4.74 Å². The molecule has 1 unspecified atom stereocenters. The van der Waals surface area contributed by atoms with E-state index in [9.17, 15) is 9.59 Å². The zero-order valence-electron chi connectivity index (χ0n) is 20.4. The summed E-state index contributed by atoms with van der Waals surface area (Å²) in [6, 6.07) is 15.4. The minimum atomic E-state index is -0.514. The quantitative estimate of drug-likeness (QED) is 0.520. The number of hydrogen-bond acceptors (Lipinski definition) is 3. The van der Waals surface area contributed by atoms with Crippen LogP contribution in [0.4, 0.5) is 0 Å². The van der Waals surface area contributed by atoms with Crippen molar-refractivity contribution in [2.45, 2.75) is 78.9 Å². The zero-order chi connectivity index (χ0) is 23.7. The van der Waals surface area contributed by atoms with Crippen molar-refractivity contribution < 1.29 is 14.3 Å². The standard InChI is InChI=1S/C27H38N2O3/c1-7-24(26(31)28-27(4,5)6)29(19-22-12-9-8-11-21(22)3)25(30)13-10-18-32-23-16-14-20(2)15-17-23/h8-9,11-12,14-17,24H,7,10,13,18-19H2,1-6H3,(H,28,31). The van der Waals surface area contributed by atoms with Gasteiger partial charge in [-0.05, 0) is 70.7 Å². The first-order chi connectivity index (χ1) is 15.1. The Labute approximate surface area is 193 Å². The summed E-state index contributed by atoms with van der Waals surface area (Å²) in [5.41, 5.74) is 2.99. The van der Waals surface area contributed by atoms with Gasteiger partial charge in [-0.3, -0.25) is 9.59 Å². The second kappa shape index (κ2) is 11.7. The first kappa shape index (κ1) is 25.4. The highest BCUT2D eigenvalue weighted by Gasteiger charge is 2.30. The molecule has 0 saturated heterocycles. The number of rotatable bonds is 10. The fourth-order valence-corrected chi connectivity index (χ4v) is 3.53. The van der Waals surface area contributed by atoms with E-state index < -0.39 is 6.04 Å². The van der Waals surface area contributed by atoms with Gasteiger partial charge < -0.3 is 15.0 Å². The van der Waals surface area contributed by atoms with Gasteiger partial charge in [0.1, 0.15) is 11.8 Å². The van der Waals surface area contributed by atoms with Crippen molar-refractivity contribution in [3.63, 3.8) is 0 Å². The van der Waals surface area contributed by atoms with Crippen LogP contribution in [0.15, 0.2) is 48.5 Å². The first-order valence-electron chi connectivity index (χ1n) is 11.5. The molecule has 0 aromatic heterocycles. The Morgan fingerprint density at radius 2 is 1.69 bits per heavy atom. The van der Waals surface area contributed by atoms with Crippen molar-refractivity contribution in [2.24, 2.45) is 0 Å². The van der Waals surface area contributed by atoms with Gasteiger partial charge in [0, 0.05) is 18.5 Å². The van der Waals surface area contributed by atoms with Gasteiger partial charge in [-0.1, -0.05) is 48.9 Å². The van der Waals surface area contributed by atoms with Crippen LogP contribution in [0.2, 0.25) is 0 Å². The molecule has 0 aliphatic carbocycles. The largest absolute Gasteiger partial charge is 0.494 e. The van der Waals surface area contributed by atoms with Crippen molar-refractivity contribution in [2.75, 3.05) is 6.61 Å². The van der Waals surface area contributed by atoms with E-state index >= 15 is 0 Å². The number of aryl methyl sites for hydroxylation is 2. The summed E-state index contributed by atoms with van der Waals surface area (Å²) in [6.45, 7) is 12.7. The molecule has 1 atom stereocenters. The second-order valence-electron chi connectivity index (χ2n) is 9.38. The van der Waals surface area contributed by atoms with Crippen LogP contribution in [-0.2, 0) is 16.1 Å². The predicted octanol–water partition coefficient (Wildman–Crippen LogP) is 5.18. The summed E-state index contributed by atoms with van der Waals surface area (Å²) in [4.78, 5) is 28.0. The molecule has 0 aliphatic heterocycles. The third kappa shape index (κ3) is 8.03. The fraction of sp³-hybridized carbons (Fsp3) is 0.481. The van der Waals surface area contributed by atoms with Gasteiger partial charge in [0.15, 0.2) is 0 Å². The SMILES string of the molecule is CCC(C(=O)NC(C)(C)C)N(Cc1ccccc1C)C(=O)CCCOc1ccc(C)cc1. The molecule has 0 heterocycles. The zero-order valence-corrected chi connectivity index (χ0v) is 20.4. The molecule has 0 radical (unpaired) electrons. The molecule has 32 heavy (non-hydrogen) atoms. The van der Waals surface area contributed by atoms with Crippen LogP contribution in [0.3, 0.4) is 0 Å². The van der Waals surface area contributed by atoms with Gasteiger partial charge in [-0.15, -0.1) is 0 Å². The van der Waals surface area contributed by atoms with Gasteiger partial charge in [-0.2, -0.15) is 0 Å². The number of ether oxygens (including phenoxy) is 1. The van der Waals surface area contributed by atoms with Gasteiger partial charge in [-0.25, -0.2) is 0 Å². The van der Waals surface area contributed by atoms with E-state index in [0.717, 1.165) is 16.9 Å². The maximum absolute atomic E-state index is 13.3. The summed E-state index contributed by atoms with van der Waals surface area (Å²) in [5, 5.41) is 3.04. The highest BCUT2D eigenvalue weighted by molar-refractivity contribution is 5.88. The van der Waals surface area contributed by atoms with Crippen LogP contribution in [0.25, 0.3) is 0 Å². The molecule has 0 saturated carbocycles. The van der Waals surface area contributed by atoms with E-state index in [2.05, 4.69) is 5.32 Å². The van der Waals surface area contributed by atoms with Crippen molar-refractivity contribution in [3.8, 4) is 5.75 Å². The van der Waals surface area contributed by atoms with Crippen LogP contribution in [-0.4, -0.2) is 34.9 Å². The molecule has 2 aromatic rings. The average Bonchev–Trinajstić information content (AvgIpc) is 2.72. The smallest absolute Gasteiger partial charge is 0.243 e. The number of nitrogens with one attached hydrogen (secondary N) is 1. The minimum absolute atomic E-state index is 0.0309. The summed E-state index contributed by atoms with van der Waals surface area (Å²) in [5.74, 6) is 0.658. The van der Waals surface area contributed by atoms with E-state index in [1.165, 1.54) is 5.56 Å². The summed E-state index contributed by atoms with van der Waals surface area (Å²) in [7, 11) is 0. The lowest BCUT2D eigenvalue weighted by Gasteiger charge is -2.33. The topological polar surface area (TPSA) is 58.6 Å². The van der Waals surface area contributed by atoms with Crippen LogP contribution in [0, 0.1) is 13.8 Å². The average molecular weight is 439 g/mol. The lowest BCUT2D eigenvalue weighted by molar-refractivity contribution is -0.142. The monoisotopic (exact) mass is 438 g/mol. The molecule has 0 aliphatic rings. The van der Waals surface area contributed by atoms with Gasteiger partial charge in [0.25, 0.3) is 0 Å². The minimum Gasteiger partial charge on any atom is -0.494 e. The highest BCUT2D eigenvalue weighted by Crippen LogP contribution is 2.18. The van der Waals surface area contributed by atoms with E-state index in [1.54, 1.807) is 4.90 Å². The Kier molecular flexibility index (Phi) is 9.30. The number of nitrogens with zero attached hydrogens (tertiary/aromatic N) is 1. The molecule has 5 nitrogen and oxygen atoms in total. The number of carbonyl (C=O) groups is 2. The molecule has 0 bridgehead atoms. The van der Waals surface area contributed by atoms with Crippen LogP contribution in [0.1, 0.15) is 63.6 Å². The van der Waals surface area contributed by atoms with E-state index in [0.29, 0.717) is 32.4 Å². The van der Waals surface area contributed by atoms with Crippen LogP contribution < -0.4 is 10.1 Å². The molecule has 5 heteroatoms. The fourth-order valence-electron chi connectivity index (χ4n) is 3.53. The lowest BCUT2D eigenvalue weighted by Crippen LogP contribution is -2.53. The van der Waals surface area contributed by atoms with Crippen LogP contribution >= 0.6 is 0 Å². The van der Waals surface area contributed by atoms with E-state index in [-0.39, 0.29) is 17.4 Å². The molecule has 174 valence electrons. The molecule has 2 rings (SSSR count). The Morgan fingerprint density at radius 1 is 1.03 bits per heavy atom. The maximum Gasteiger partial charge on any atom is 0.243 e. The maximum atomic E-state index is 13.3. The van der Waals surface area contributed by atoms with Crippen molar-refractivity contribution in [1.29, 1.82) is 0 Å². The van der Waals surface area contributed by atoms with Gasteiger partial charge in [0.2, 0.25) is 11.8 Å². The molecule has 1 N–H and O–H groups in total.